The second-order valence-electron chi connectivity index (χ2n) is 8.90. The standard InChI is InChI=1S/C27H38N2O3/c1-6-25(27(31)28-18-20(2)3)29(17-16-22-10-8-7-9-11-22)26(30)19-32-24-14-12-23(13-15-24)21(4)5/h7-15,20-21,25H,6,16-19H2,1-5H3,(H,28,31)/t25-/m1/s1. The molecule has 0 radical (unpaired) electrons. The van der Waals surface area contributed by atoms with Crippen LogP contribution in [0.5, 0.6) is 5.75 Å². The summed E-state index contributed by atoms with van der Waals surface area (Å²) in [5.74, 6) is 1.16. The van der Waals surface area contributed by atoms with Crippen LogP contribution in [0.4, 0.5) is 0 Å². The first-order valence-corrected chi connectivity index (χ1v) is 11.7. The lowest BCUT2D eigenvalue weighted by Gasteiger charge is -2.30. The van der Waals surface area contributed by atoms with Gasteiger partial charge in [0, 0.05) is 13.1 Å². The Bertz CT molecular complexity index is 832. The van der Waals surface area contributed by atoms with E-state index in [9.17, 15) is 9.59 Å². The number of carbonyl (C=O) groups is 2. The molecule has 2 aromatic carbocycles. The van der Waals surface area contributed by atoms with Crippen molar-refractivity contribution in [1.82, 2.24) is 10.2 Å². The zero-order valence-corrected chi connectivity index (χ0v) is 20.1. The van der Waals surface area contributed by atoms with Gasteiger partial charge in [-0.3, -0.25) is 9.59 Å². The van der Waals surface area contributed by atoms with E-state index in [1.807, 2.05) is 61.5 Å². The van der Waals surface area contributed by atoms with Gasteiger partial charge in [0.05, 0.1) is 0 Å². The zero-order chi connectivity index (χ0) is 23.5. The van der Waals surface area contributed by atoms with Crippen LogP contribution in [0.3, 0.4) is 0 Å². The third-order valence-corrected chi connectivity index (χ3v) is 5.46. The lowest BCUT2D eigenvalue weighted by atomic mass is 10.0. The van der Waals surface area contributed by atoms with Crippen molar-refractivity contribution in [3.05, 3.63) is 65.7 Å². The van der Waals surface area contributed by atoms with Crippen LogP contribution in [-0.2, 0) is 16.0 Å². The molecule has 0 unspecified atom stereocenters. The van der Waals surface area contributed by atoms with E-state index in [2.05, 4.69) is 33.0 Å². The minimum absolute atomic E-state index is 0.0935. The average molecular weight is 439 g/mol. The second-order valence-corrected chi connectivity index (χ2v) is 8.90. The van der Waals surface area contributed by atoms with Gasteiger partial charge in [0.2, 0.25) is 5.91 Å². The third-order valence-electron chi connectivity index (χ3n) is 5.46. The molecule has 2 aromatic rings. The van der Waals surface area contributed by atoms with E-state index in [1.165, 1.54) is 5.56 Å². The van der Waals surface area contributed by atoms with Crippen molar-refractivity contribution in [1.29, 1.82) is 0 Å². The van der Waals surface area contributed by atoms with Gasteiger partial charge in [0.1, 0.15) is 11.8 Å². The molecule has 0 aliphatic rings. The van der Waals surface area contributed by atoms with E-state index in [0.29, 0.717) is 43.5 Å². The second kappa shape index (κ2) is 12.9. The molecule has 0 aromatic heterocycles. The molecule has 1 atom stereocenters. The number of nitrogens with one attached hydrogen (secondary N) is 1. The topological polar surface area (TPSA) is 58.6 Å². The fraction of sp³-hybridized carbons (Fsp3) is 0.481. The molecule has 0 bridgehead atoms. The molecule has 2 rings (SSSR count). The Morgan fingerprint density at radius 3 is 2.19 bits per heavy atom. The minimum atomic E-state index is -0.517. The monoisotopic (exact) mass is 438 g/mol. The number of ether oxygens (including phenoxy) is 1. The molecule has 0 heterocycles. The van der Waals surface area contributed by atoms with Gasteiger partial charge in [-0.2, -0.15) is 0 Å². The number of benzene rings is 2. The average Bonchev–Trinajstić information content (AvgIpc) is 2.79. The van der Waals surface area contributed by atoms with Crippen molar-refractivity contribution in [3.8, 4) is 5.75 Å². The number of hydrogen-bond donors (Lipinski definition) is 1. The van der Waals surface area contributed by atoms with E-state index in [1.54, 1.807) is 4.90 Å². The van der Waals surface area contributed by atoms with E-state index >= 15 is 0 Å². The predicted molar refractivity (Wildman–Crippen MR) is 130 cm³/mol. The molecular formula is C27H38N2O3. The van der Waals surface area contributed by atoms with Crippen molar-refractivity contribution in [3.63, 3.8) is 0 Å². The normalized spacial score (nSPS) is 12.0. The van der Waals surface area contributed by atoms with Gasteiger partial charge in [0.15, 0.2) is 6.61 Å². The first-order chi connectivity index (χ1) is 15.3. The summed E-state index contributed by atoms with van der Waals surface area (Å²) in [5, 5.41) is 2.98. The van der Waals surface area contributed by atoms with Crippen LogP contribution >= 0.6 is 0 Å². The Kier molecular flexibility index (Phi) is 10.3. The molecule has 1 N–H and O–H groups in total. The van der Waals surface area contributed by atoms with E-state index in [-0.39, 0.29) is 18.4 Å². The summed E-state index contributed by atoms with van der Waals surface area (Å²) in [6.45, 7) is 11.3. The van der Waals surface area contributed by atoms with Gasteiger partial charge < -0.3 is 15.0 Å². The van der Waals surface area contributed by atoms with Crippen LogP contribution in [0.25, 0.3) is 0 Å². The van der Waals surface area contributed by atoms with Crippen LogP contribution in [0.1, 0.15) is 58.1 Å². The molecule has 32 heavy (non-hydrogen) atoms. The summed E-state index contributed by atoms with van der Waals surface area (Å²) in [6, 6.07) is 17.3. The highest BCUT2D eigenvalue weighted by Gasteiger charge is 2.28. The molecule has 0 aliphatic carbocycles. The van der Waals surface area contributed by atoms with Crippen molar-refractivity contribution in [2.75, 3.05) is 19.7 Å². The molecule has 174 valence electrons. The Balaban J connectivity index is 2.09. The Morgan fingerprint density at radius 1 is 0.969 bits per heavy atom. The lowest BCUT2D eigenvalue weighted by molar-refractivity contribution is -0.142. The van der Waals surface area contributed by atoms with Crippen LogP contribution in [-0.4, -0.2) is 42.5 Å². The highest BCUT2D eigenvalue weighted by atomic mass is 16.5. The summed E-state index contributed by atoms with van der Waals surface area (Å²) < 4.78 is 5.79. The SMILES string of the molecule is CC[C@H](C(=O)NCC(C)C)N(CCc1ccccc1)C(=O)COc1ccc(C(C)C)cc1. The first-order valence-electron chi connectivity index (χ1n) is 11.7. The largest absolute Gasteiger partial charge is 0.484 e. The van der Waals surface area contributed by atoms with Crippen molar-refractivity contribution >= 4 is 11.8 Å². The van der Waals surface area contributed by atoms with Crippen LogP contribution in [0, 0.1) is 5.92 Å². The quantitative estimate of drug-likeness (QED) is 0.517. The maximum Gasteiger partial charge on any atom is 0.261 e. The van der Waals surface area contributed by atoms with Gasteiger partial charge in [-0.05, 0) is 47.9 Å². The van der Waals surface area contributed by atoms with Gasteiger partial charge in [-0.15, -0.1) is 0 Å². The van der Waals surface area contributed by atoms with Crippen LogP contribution in [0.15, 0.2) is 54.6 Å². The van der Waals surface area contributed by atoms with Gasteiger partial charge in [-0.1, -0.05) is 77.1 Å². The lowest BCUT2D eigenvalue weighted by Crippen LogP contribution is -2.51. The van der Waals surface area contributed by atoms with Crippen molar-refractivity contribution < 1.29 is 14.3 Å². The highest BCUT2D eigenvalue weighted by Crippen LogP contribution is 2.19. The number of amides is 2. The maximum absolute atomic E-state index is 13.2. The summed E-state index contributed by atoms with van der Waals surface area (Å²) in [4.78, 5) is 27.7. The van der Waals surface area contributed by atoms with Crippen molar-refractivity contribution in [2.24, 2.45) is 5.92 Å². The van der Waals surface area contributed by atoms with E-state index in [0.717, 1.165) is 5.56 Å². The maximum atomic E-state index is 13.2. The van der Waals surface area contributed by atoms with Gasteiger partial charge in [0.25, 0.3) is 5.91 Å². The fourth-order valence-electron chi connectivity index (χ4n) is 3.50. The number of nitrogens with zero attached hydrogens (tertiary/aromatic N) is 1. The summed E-state index contributed by atoms with van der Waals surface area (Å²) in [5.41, 5.74) is 2.36. The molecule has 2 amide bonds. The smallest absolute Gasteiger partial charge is 0.261 e. The fourth-order valence-corrected chi connectivity index (χ4v) is 3.50. The van der Waals surface area contributed by atoms with E-state index < -0.39 is 6.04 Å². The molecule has 0 aliphatic heterocycles. The first kappa shape index (κ1) is 25.4. The number of hydrogen-bond acceptors (Lipinski definition) is 3. The highest BCUT2D eigenvalue weighted by molar-refractivity contribution is 5.88. The van der Waals surface area contributed by atoms with E-state index in [4.69, 9.17) is 4.74 Å². The molecule has 0 saturated heterocycles. The molecule has 0 spiro atoms. The minimum Gasteiger partial charge on any atom is -0.484 e. The molecule has 5 heteroatoms. The summed E-state index contributed by atoms with van der Waals surface area (Å²) in [6.07, 6.45) is 1.23. The zero-order valence-electron chi connectivity index (χ0n) is 20.1. The Labute approximate surface area is 193 Å². The molecule has 5 nitrogen and oxygen atoms in total. The van der Waals surface area contributed by atoms with Crippen molar-refractivity contribution in [2.45, 2.75) is 59.4 Å². The van der Waals surface area contributed by atoms with Crippen LogP contribution in [0.2, 0.25) is 0 Å². The van der Waals surface area contributed by atoms with Crippen LogP contribution < -0.4 is 10.1 Å². The summed E-state index contributed by atoms with van der Waals surface area (Å²) >= 11 is 0. The third kappa shape index (κ3) is 8.03. The molecule has 0 fully saturated rings. The Morgan fingerprint density at radius 2 is 1.62 bits per heavy atom. The van der Waals surface area contributed by atoms with Gasteiger partial charge >= 0.3 is 0 Å². The number of rotatable bonds is 12. The predicted octanol–water partition coefficient (Wildman–Crippen LogP) is 4.81. The Hall–Kier alpha value is -2.82. The number of carbonyl (C=O) groups excluding carboxylic acids is 2. The molecule has 0 saturated carbocycles. The van der Waals surface area contributed by atoms with Gasteiger partial charge in [-0.25, -0.2) is 0 Å². The summed E-state index contributed by atoms with van der Waals surface area (Å²) in [7, 11) is 0. The molecular weight excluding hydrogens is 400 g/mol.